The van der Waals surface area contributed by atoms with Gasteiger partial charge >= 0.3 is 0 Å². The number of nitrogens with zero attached hydrogens (tertiary/aromatic N) is 1. The maximum atomic E-state index is 11.8. The van der Waals surface area contributed by atoms with Crippen molar-refractivity contribution in [3.05, 3.63) is 12.7 Å². The molecule has 0 saturated carbocycles. The van der Waals surface area contributed by atoms with Gasteiger partial charge in [0.1, 0.15) is 0 Å². The number of carbonyl (C=O) groups is 1. The third-order valence-electron chi connectivity index (χ3n) is 3.24. The smallest absolute Gasteiger partial charge is 0.237 e. The predicted molar refractivity (Wildman–Crippen MR) is 67.3 cm³/mol. The monoisotopic (exact) mass is 224 g/mol. The van der Waals surface area contributed by atoms with Crippen molar-refractivity contribution in [3.8, 4) is 0 Å². The van der Waals surface area contributed by atoms with Gasteiger partial charge < -0.3 is 5.32 Å². The molecular weight excluding hydrogens is 200 g/mol. The quantitative estimate of drug-likeness (QED) is 0.740. The van der Waals surface area contributed by atoms with Crippen LogP contribution in [0.25, 0.3) is 0 Å². The fourth-order valence-electron chi connectivity index (χ4n) is 2.15. The molecule has 0 aliphatic carbocycles. The zero-order chi connectivity index (χ0) is 11.8. The molecule has 3 heteroatoms. The Labute approximate surface area is 98.9 Å². The number of amides is 1. The summed E-state index contributed by atoms with van der Waals surface area (Å²) < 4.78 is 0. The number of likely N-dealkylation sites (tertiary alicyclic amines) is 1. The molecule has 1 N–H and O–H groups in total. The highest BCUT2D eigenvalue weighted by Gasteiger charge is 2.20. The van der Waals surface area contributed by atoms with Crippen molar-refractivity contribution in [2.24, 2.45) is 0 Å². The fourth-order valence-corrected chi connectivity index (χ4v) is 2.15. The average Bonchev–Trinajstić information content (AvgIpc) is 2.24. The van der Waals surface area contributed by atoms with Crippen LogP contribution in [-0.2, 0) is 4.79 Å². The molecular formula is C13H24N2O. The number of hydrogen-bond acceptors (Lipinski definition) is 2. The minimum Gasteiger partial charge on any atom is -0.351 e. The first-order valence-corrected chi connectivity index (χ1v) is 6.38. The molecule has 1 rings (SSSR count). The van der Waals surface area contributed by atoms with E-state index in [9.17, 15) is 4.79 Å². The van der Waals surface area contributed by atoms with Crippen LogP contribution in [0.1, 0.15) is 39.0 Å². The third kappa shape index (κ3) is 4.35. The van der Waals surface area contributed by atoms with Gasteiger partial charge in [0, 0.05) is 6.54 Å². The van der Waals surface area contributed by atoms with Crippen LogP contribution in [0.3, 0.4) is 0 Å². The first-order chi connectivity index (χ1) is 7.75. The lowest BCUT2D eigenvalue weighted by molar-refractivity contribution is -0.125. The van der Waals surface area contributed by atoms with E-state index in [0.717, 1.165) is 13.1 Å². The average molecular weight is 224 g/mol. The summed E-state index contributed by atoms with van der Waals surface area (Å²) in [5, 5.41) is 2.87. The van der Waals surface area contributed by atoms with E-state index < -0.39 is 0 Å². The number of carbonyl (C=O) groups excluding carboxylic acids is 1. The van der Waals surface area contributed by atoms with Gasteiger partial charge in [-0.2, -0.15) is 0 Å². The Morgan fingerprint density at radius 1 is 1.31 bits per heavy atom. The van der Waals surface area contributed by atoms with Gasteiger partial charge in [0.15, 0.2) is 0 Å². The van der Waals surface area contributed by atoms with Crippen molar-refractivity contribution in [3.63, 3.8) is 0 Å². The Hall–Kier alpha value is -0.830. The van der Waals surface area contributed by atoms with Crippen molar-refractivity contribution in [1.82, 2.24) is 10.2 Å². The summed E-state index contributed by atoms with van der Waals surface area (Å²) in [5.74, 6) is 0.125. The summed E-state index contributed by atoms with van der Waals surface area (Å²) in [6.45, 7) is 8.29. The molecule has 16 heavy (non-hydrogen) atoms. The highest BCUT2D eigenvalue weighted by Crippen LogP contribution is 2.12. The zero-order valence-corrected chi connectivity index (χ0v) is 10.4. The first-order valence-electron chi connectivity index (χ1n) is 6.38. The van der Waals surface area contributed by atoms with Crippen LogP contribution in [0, 0.1) is 0 Å². The van der Waals surface area contributed by atoms with E-state index in [4.69, 9.17) is 0 Å². The minimum atomic E-state index is -0.00181. The summed E-state index contributed by atoms with van der Waals surface area (Å²) in [4.78, 5) is 14.1. The topological polar surface area (TPSA) is 32.3 Å². The molecule has 0 radical (unpaired) electrons. The Morgan fingerprint density at radius 2 is 1.88 bits per heavy atom. The molecule has 0 aromatic heterocycles. The highest BCUT2D eigenvalue weighted by atomic mass is 16.2. The number of nitrogens with one attached hydrogen (secondary N) is 1. The van der Waals surface area contributed by atoms with Crippen LogP contribution >= 0.6 is 0 Å². The predicted octanol–water partition coefficient (Wildman–Crippen LogP) is 1.94. The second-order valence-electron chi connectivity index (χ2n) is 4.51. The Balaban J connectivity index is 2.39. The van der Waals surface area contributed by atoms with E-state index in [1.807, 2.05) is 6.92 Å². The van der Waals surface area contributed by atoms with Gasteiger partial charge in [0.05, 0.1) is 6.04 Å². The van der Waals surface area contributed by atoms with E-state index in [1.54, 1.807) is 6.08 Å². The highest BCUT2D eigenvalue weighted by molar-refractivity contribution is 5.81. The van der Waals surface area contributed by atoms with Crippen LogP contribution in [0.2, 0.25) is 0 Å². The van der Waals surface area contributed by atoms with Crippen LogP contribution in [0.15, 0.2) is 12.7 Å². The lowest BCUT2D eigenvalue weighted by Gasteiger charge is -2.29. The molecule has 1 saturated heterocycles. The second kappa shape index (κ2) is 7.44. The molecule has 92 valence electrons. The van der Waals surface area contributed by atoms with Crippen LogP contribution < -0.4 is 5.32 Å². The van der Waals surface area contributed by atoms with Gasteiger partial charge in [0.2, 0.25) is 5.91 Å². The van der Waals surface area contributed by atoms with E-state index in [0.29, 0.717) is 6.54 Å². The lowest BCUT2D eigenvalue weighted by Crippen LogP contribution is -2.46. The van der Waals surface area contributed by atoms with E-state index >= 15 is 0 Å². The summed E-state index contributed by atoms with van der Waals surface area (Å²) in [5.41, 5.74) is 0. The van der Waals surface area contributed by atoms with E-state index in [1.165, 1.54) is 32.1 Å². The van der Waals surface area contributed by atoms with Crippen LogP contribution in [0.4, 0.5) is 0 Å². The number of rotatable bonds is 4. The molecule has 0 unspecified atom stereocenters. The van der Waals surface area contributed by atoms with E-state index in [-0.39, 0.29) is 11.9 Å². The first kappa shape index (κ1) is 13.2. The van der Waals surface area contributed by atoms with Crippen LogP contribution in [0.5, 0.6) is 0 Å². The van der Waals surface area contributed by atoms with Gasteiger partial charge in [0.25, 0.3) is 0 Å². The molecule has 1 atom stereocenters. The Morgan fingerprint density at radius 3 is 2.44 bits per heavy atom. The third-order valence-corrected chi connectivity index (χ3v) is 3.24. The van der Waals surface area contributed by atoms with E-state index in [2.05, 4.69) is 16.8 Å². The summed E-state index contributed by atoms with van der Waals surface area (Å²) in [7, 11) is 0. The van der Waals surface area contributed by atoms with Gasteiger partial charge in [-0.1, -0.05) is 25.3 Å². The Kier molecular flexibility index (Phi) is 6.16. The fraction of sp³-hybridized carbons (Fsp3) is 0.769. The molecule has 0 bridgehead atoms. The summed E-state index contributed by atoms with van der Waals surface area (Å²) in [6.07, 6.45) is 8.12. The molecule has 0 aromatic rings. The van der Waals surface area contributed by atoms with Crippen molar-refractivity contribution in [2.75, 3.05) is 19.6 Å². The molecule has 3 nitrogen and oxygen atoms in total. The summed E-state index contributed by atoms with van der Waals surface area (Å²) >= 11 is 0. The molecule has 0 spiro atoms. The van der Waals surface area contributed by atoms with Crippen molar-refractivity contribution in [2.45, 2.75) is 45.1 Å². The maximum absolute atomic E-state index is 11.8. The maximum Gasteiger partial charge on any atom is 0.237 e. The lowest BCUT2D eigenvalue weighted by atomic mass is 10.1. The zero-order valence-electron chi connectivity index (χ0n) is 10.4. The molecule has 1 heterocycles. The van der Waals surface area contributed by atoms with Gasteiger partial charge in [-0.15, -0.1) is 6.58 Å². The SMILES string of the molecule is C=CCNC(=O)[C@@H](C)N1CCCCCCC1. The largest absolute Gasteiger partial charge is 0.351 e. The molecule has 1 aliphatic heterocycles. The van der Waals surface area contributed by atoms with Gasteiger partial charge in [-0.05, 0) is 32.9 Å². The van der Waals surface area contributed by atoms with Crippen molar-refractivity contribution >= 4 is 5.91 Å². The van der Waals surface area contributed by atoms with Crippen molar-refractivity contribution in [1.29, 1.82) is 0 Å². The Bertz CT molecular complexity index is 220. The molecule has 1 aliphatic rings. The van der Waals surface area contributed by atoms with Gasteiger partial charge in [-0.25, -0.2) is 0 Å². The normalized spacial score (nSPS) is 20.6. The van der Waals surface area contributed by atoms with Crippen LogP contribution in [-0.4, -0.2) is 36.5 Å². The standard InChI is InChI=1S/C13H24N2O/c1-3-9-14-13(16)12(2)15-10-7-5-4-6-8-11-15/h3,12H,1,4-11H2,2H3,(H,14,16)/t12-/m1/s1. The molecule has 1 fully saturated rings. The second-order valence-corrected chi connectivity index (χ2v) is 4.51. The molecule has 1 amide bonds. The number of hydrogen-bond donors (Lipinski definition) is 1. The van der Waals surface area contributed by atoms with Crippen molar-refractivity contribution < 1.29 is 4.79 Å². The minimum absolute atomic E-state index is 0.00181. The molecule has 0 aromatic carbocycles. The van der Waals surface area contributed by atoms with Gasteiger partial charge in [-0.3, -0.25) is 9.69 Å². The summed E-state index contributed by atoms with van der Waals surface area (Å²) in [6, 6.07) is -0.00181.